The number of aromatic nitrogens is 1. The third kappa shape index (κ3) is 3.29. The lowest BCUT2D eigenvalue weighted by atomic mass is 10.1. The van der Waals surface area contributed by atoms with Crippen molar-refractivity contribution in [3.05, 3.63) is 69.4 Å². The molecule has 2 aromatic carbocycles. The van der Waals surface area contributed by atoms with Crippen LogP contribution in [0.3, 0.4) is 0 Å². The second kappa shape index (κ2) is 6.82. The van der Waals surface area contributed by atoms with Crippen LogP contribution >= 0.6 is 22.9 Å². The number of hydrogen-bond acceptors (Lipinski definition) is 6. The first-order valence-electron chi connectivity index (χ1n) is 7.73. The van der Waals surface area contributed by atoms with Crippen LogP contribution in [-0.4, -0.2) is 12.1 Å². The molecule has 0 bridgehead atoms. The van der Waals surface area contributed by atoms with E-state index in [1.807, 2.05) is 23.6 Å². The maximum absolute atomic E-state index is 12.3. The molecule has 0 aliphatic carbocycles. The minimum absolute atomic E-state index is 0.404. The Kier molecular flexibility index (Phi) is 4.36. The van der Waals surface area contributed by atoms with E-state index in [0.717, 1.165) is 11.1 Å². The molecule has 26 heavy (non-hydrogen) atoms. The number of halogens is 1. The zero-order valence-corrected chi connectivity index (χ0v) is 15.2. The Labute approximate surface area is 157 Å². The number of anilines is 2. The van der Waals surface area contributed by atoms with Gasteiger partial charge in [0.05, 0.1) is 18.4 Å². The van der Waals surface area contributed by atoms with Crippen LogP contribution in [0.5, 0.6) is 5.75 Å². The van der Waals surface area contributed by atoms with Crippen molar-refractivity contribution < 1.29 is 9.15 Å². The molecular formula is C19H13ClN2O3S. The summed E-state index contributed by atoms with van der Waals surface area (Å²) in [6.45, 7) is 0. The maximum atomic E-state index is 12.3. The van der Waals surface area contributed by atoms with Gasteiger partial charge >= 0.3 is 5.63 Å². The van der Waals surface area contributed by atoms with E-state index in [4.69, 9.17) is 20.8 Å². The molecule has 130 valence electrons. The number of thiazole rings is 1. The van der Waals surface area contributed by atoms with Crippen molar-refractivity contribution >= 4 is 44.7 Å². The number of nitrogens with zero attached hydrogens (tertiary/aromatic N) is 1. The number of rotatable bonds is 4. The van der Waals surface area contributed by atoms with E-state index in [1.165, 1.54) is 11.3 Å². The lowest BCUT2D eigenvalue weighted by Crippen LogP contribution is -2.03. The normalized spacial score (nSPS) is 10.8. The highest BCUT2D eigenvalue weighted by Gasteiger charge is 2.12. The summed E-state index contributed by atoms with van der Waals surface area (Å²) in [4.78, 5) is 16.8. The molecule has 4 aromatic rings. The van der Waals surface area contributed by atoms with E-state index in [9.17, 15) is 4.79 Å². The molecule has 0 amide bonds. The average molecular weight is 385 g/mol. The summed E-state index contributed by atoms with van der Waals surface area (Å²) in [6.07, 6.45) is 0. The highest BCUT2D eigenvalue weighted by atomic mass is 35.5. The van der Waals surface area contributed by atoms with Crippen molar-refractivity contribution in [2.24, 2.45) is 0 Å². The summed E-state index contributed by atoms with van der Waals surface area (Å²) < 4.78 is 10.6. The topological polar surface area (TPSA) is 64.4 Å². The molecule has 0 spiro atoms. The quantitative estimate of drug-likeness (QED) is 0.482. The number of nitrogens with one attached hydrogen (secondary N) is 1. The first kappa shape index (κ1) is 16.6. The summed E-state index contributed by atoms with van der Waals surface area (Å²) in [5.74, 6) is 0.693. The fourth-order valence-electron chi connectivity index (χ4n) is 2.55. The third-order valence-corrected chi connectivity index (χ3v) is 4.79. The summed E-state index contributed by atoms with van der Waals surface area (Å²) in [5.41, 5.74) is 1.86. The number of benzene rings is 2. The van der Waals surface area contributed by atoms with Gasteiger partial charge in [-0.25, -0.2) is 9.78 Å². The zero-order chi connectivity index (χ0) is 18.1. The number of hydrogen-bond donors (Lipinski definition) is 1. The summed E-state index contributed by atoms with van der Waals surface area (Å²) >= 11 is 7.39. The van der Waals surface area contributed by atoms with Gasteiger partial charge in [0.25, 0.3) is 0 Å². The van der Waals surface area contributed by atoms with Crippen LogP contribution in [0.2, 0.25) is 5.02 Å². The smallest absolute Gasteiger partial charge is 0.345 e. The Morgan fingerprint density at radius 1 is 1.19 bits per heavy atom. The lowest BCUT2D eigenvalue weighted by Gasteiger charge is -2.03. The molecule has 2 aromatic heterocycles. The highest BCUT2D eigenvalue weighted by molar-refractivity contribution is 7.14. The molecule has 2 heterocycles. The SMILES string of the molecule is COc1ccc2oc(=O)c(-c3csc(Nc4cccc(Cl)c4)n3)cc2c1. The third-order valence-electron chi connectivity index (χ3n) is 3.80. The van der Waals surface area contributed by atoms with E-state index in [2.05, 4.69) is 10.3 Å². The Hall–Kier alpha value is -2.83. The number of ether oxygens (including phenoxy) is 1. The molecular weight excluding hydrogens is 372 g/mol. The van der Waals surface area contributed by atoms with Crippen molar-refractivity contribution in [1.82, 2.24) is 4.98 Å². The van der Waals surface area contributed by atoms with Crippen LogP contribution in [0.15, 0.2) is 63.1 Å². The average Bonchev–Trinajstić information content (AvgIpc) is 3.09. The van der Waals surface area contributed by atoms with Crippen LogP contribution in [0.4, 0.5) is 10.8 Å². The minimum Gasteiger partial charge on any atom is -0.497 e. The molecule has 5 nitrogen and oxygen atoms in total. The van der Waals surface area contributed by atoms with Gasteiger partial charge in [-0.15, -0.1) is 11.3 Å². The van der Waals surface area contributed by atoms with Crippen molar-refractivity contribution in [1.29, 1.82) is 0 Å². The van der Waals surface area contributed by atoms with Gasteiger partial charge < -0.3 is 14.5 Å². The molecule has 0 aliphatic rings. The second-order valence-electron chi connectivity index (χ2n) is 5.52. The Morgan fingerprint density at radius 3 is 2.88 bits per heavy atom. The minimum atomic E-state index is -0.428. The summed E-state index contributed by atoms with van der Waals surface area (Å²) in [5, 5.41) is 7.06. The molecule has 0 radical (unpaired) electrons. The molecule has 0 fully saturated rings. The zero-order valence-electron chi connectivity index (χ0n) is 13.7. The maximum Gasteiger partial charge on any atom is 0.345 e. The van der Waals surface area contributed by atoms with Gasteiger partial charge in [0.15, 0.2) is 5.13 Å². The predicted octanol–water partition coefficient (Wildman–Crippen LogP) is 5.32. The van der Waals surface area contributed by atoms with E-state index in [-0.39, 0.29) is 0 Å². The van der Waals surface area contributed by atoms with E-state index >= 15 is 0 Å². The fourth-order valence-corrected chi connectivity index (χ4v) is 3.47. The Balaban J connectivity index is 1.70. The monoisotopic (exact) mass is 384 g/mol. The van der Waals surface area contributed by atoms with Gasteiger partial charge in [0.1, 0.15) is 11.3 Å². The predicted molar refractivity (Wildman–Crippen MR) is 105 cm³/mol. The summed E-state index contributed by atoms with van der Waals surface area (Å²) in [6, 6.07) is 14.4. The van der Waals surface area contributed by atoms with Crippen LogP contribution in [0.1, 0.15) is 0 Å². The summed E-state index contributed by atoms with van der Waals surface area (Å²) in [7, 11) is 1.59. The number of fused-ring (bicyclic) bond motifs is 1. The molecule has 0 saturated heterocycles. The van der Waals surface area contributed by atoms with Crippen molar-refractivity contribution in [3.8, 4) is 17.0 Å². The van der Waals surface area contributed by atoms with E-state index < -0.39 is 5.63 Å². The van der Waals surface area contributed by atoms with Crippen molar-refractivity contribution in [3.63, 3.8) is 0 Å². The van der Waals surface area contributed by atoms with Crippen LogP contribution in [-0.2, 0) is 0 Å². The molecule has 0 atom stereocenters. The largest absolute Gasteiger partial charge is 0.497 e. The van der Waals surface area contributed by atoms with Gasteiger partial charge in [-0.3, -0.25) is 0 Å². The van der Waals surface area contributed by atoms with Gasteiger partial charge in [-0.1, -0.05) is 17.7 Å². The molecule has 1 N–H and O–H groups in total. The Bertz CT molecular complexity index is 1150. The van der Waals surface area contributed by atoms with Gasteiger partial charge in [0, 0.05) is 21.5 Å². The van der Waals surface area contributed by atoms with Crippen molar-refractivity contribution in [2.75, 3.05) is 12.4 Å². The molecule has 0 aliphatic heterocycles. The van der Waals surface area contributed by atoms with Gasteiger partial charge in [-0.2, -0.15) is 0 Å². The van der Waals surface area contributed by atoms with Crippen LogP contribution in [0, 0.1) is 0 Å². The van der Waals surface area contributed by atoms with Crippen LogP contribution < -0.4 is 15.7 Å². The first-order chi connectivity index (χ1) is 12.6. The van der Waals surface area contributed by atoms with E-state index in [0.29, 0.717) is 32.7 Å². The second-order valence-corrected chi connectivity index (χ2v) is 6.82. The Morgan fingerprint density at radius 2 is 2.08 bits per heavy atom. The van der Waals surface area contributed by atoms with Gasteiger partial charge in [-0.05, 0) is 42.5 Å². The molecule has 0 saturated carbocycles. The highest BCUT2D eigenvalue weighted by Crippen LogP contribution is 2.29. The van der Waals surface area contributed by atoms with Crippen LogP contribution in [0.25, 0.3) is 22.2 Å². The van der Waals surface area contributed by atoms with E-state index in [1.54, 1.807) is 37.4 Å². The first-order valence-corrected chi connectivity index (χ1v) is 8.98. The molecule has 7 heteroatoms. The standard InChI is InChI=1S/C19H13ClN2O3S/c1-24-14-5-6-17-11(7-14)8-15(18(23)25-17)16-10-26-19(22-16)21-13-4-2-3-12(20)9-13/h2-10H,1H3,(H,21,22). The van der Waals surface area contributed by atoms with Crippen molar-refractivity contribution in [2.45, 2.75) is 0 Å². The molecule has 4 rings (SSSR count). The fraction of sp³-hybridized carbons (Fsp3) is 0.0526. The number of methoxy groups -OCH3 is 1. The van der Waals surface area contributed by atoms with Gasteiger partial charge in [0.2, 0.25) is 0 Å². The lowest BCUT2D eigenvalue weighted by molar-refractivity contribution is 0.415. The molecule has 0 unspecified atom stereocenters.